The molecule has 5 rings (SSSR count). The quantitative estimate of drug-likeness (QED) is 0.271. The molecule has 194 valence electrons. The molecule has 1 aliphatic heterocycles. The molecule has 1 unspecified atom stereocenters. The summed E-state index contributed by atoms with van der Waals surface area (Å²) in [4.78, 5) is 20.1. The number of carbonyl (C=O) groups is 1. The van der Waals surface area contributed by atoms with Crippen molar-refractivity contribution in [1.82, 2.24) is 14.7 Å². The van der Waals surface area contributed by atoms with Gasteiger partial charge >= 0.3 is 0 Å². The third-order valence-corrected chi connectivity index (χ3v) is 7.64. The van der Waals surface area contributed by atoms with E-state index in [2.05, 4.69) is 94.7 Å². The molecule has 0 N–H and O–H groups in total. The molecule has 0 bridgehead atoms. The first kappa shape index (κ1) is 26.2. The first-order valence-corrected chi connectivity index (χ1v) is 13.6. The molecule has 1 saturated heterocycles. The largest absolute Gasteiger partial charge is 0.339 e. The van der Waals surface area contributed by atoms with Crippen molar-refractivity contribution in [3.05, 3.63) is 143 Å². The number of hydrogen-bond acceptors (Lipinski definition) is 3. The fourth-order valence-electron chi connectivity index (χ4n) is 5.50. The summed E-state index contributed by atoms with van der Waals surface area (Å²) in [6.45, 7) is 3.43. The Morgan fingerprint density at radius 2 is 1.13 bits per heavy atom. The van der Waals surface area contributed by atoms with Crippen LogP contribution in [-0.2, 0) is 4.79 Å². The Morgan fingerprint density at radius 3 is 1.63 bits per heavy atom. The van der Waals surface area contributed by atoms with Crippen molar-refractivity contribution in [1.29, 1.82) is 0 Å². The normalized spacial score (nSPS) is 15.1. The monoisotopic (exact) mass is 523 g/mol. The zero-order valence-electron chi connectivity index (χ0n) is 21.8. The van der Waals surface area contributed by atoms with Gasteiger partial charge in [0.1, 0.15) is 0 Å². The van der Waals surface area contributed by atoms with Gasteiger partial charge in [-0.25, -0.2) is 0 Å². The minimum absolute atomic E-state index is 0.0232. The molecule has 1 fully saturated rings. The van der Waals surface area contributed by atoms with E-state index in [4.69, 9.17) is 11.6 Å². The molecule has 4 nitrogen and oxygen atoms in total. The second-order valence-corrected chi connectivity index (χ2v) is 10.4. The van der Waals surface area contributed by atoms with Gasteiger partial charge in [-0.15, -0.1) is 0 Å². The Bertz CT molecular complexity index is 1250. The number of nitrogens with zero attached hydrogens (tertiary/aromatic N) is 3. The molecule has 1 atom stereocenters. The molecule has 4 aromatic rings. The van der Waals surface area contributed by atoms with Crippen LogP contribution < -0.4 is 0 Å². The summed E-state index contributed by atoms with van der Waals surface area (Å²) in [5.41, 5.74) is 4.84. The van der Waals surface area contributed by atoms with E-state index in [-0.39, 0.29) is 18.0 Å². The third kappa shape index (κ3) is 6.16. The maximum Gasteiger partial charge on any atom is 0.236 e. The highest BCUT2D eigenvalue weighted by molar-refractivity contribution is 6.30. The van der Waals surface area contributed by atoms with E-state index >= 15 is 0 Å². The van der Waals surface area contributed by atoms with E-state index in [0.29, 0.717) is 19.6 Å². The van der Waals surface area contributed by atoms with Crippen LogP contribution in [0.4, 0.5) is 0 Å². The van der Waals surface area contributed by atoms with Gasteiger partial charge in [0.2, 0.25) is 5.91 Å². The van der Waals surface area contributed by atoms with E-state index < -0.39 is 0 Å². The second kappa shape index (κ2) is 12.4. The lowest BCUT2D eigenvalue weighted by Gasteiger charge is -2.40. The van der Waals surface area contributed by atoms with E-state index in [1.807, 2.05) is 42.3 Å². The van der Waals surface area contributed by atoms with Crippen molar-refractivity contribution in [2.75, 3.05) is 39.8 Å². The first-order valence-electron chi connectivity index (χ1n) is 13.2. The summed E-state index contributed by atoms with van der Waals surface area (Å²) >= 11 is 6.18. The predicted octanol–water partition coefficient (Wildman–Crippen LogP) is 6.30. The molecule has 1 aliphatic rings. The lowest BCUT2D eigenvalue weighted by atomic mass is 9.96. The molecule has 0 aromatic heterocycles. The summed E-state index contributed by atoms with van der Waals surface area (Å²) in [6.07, 6.45) is 0. The van der Waals surface area contributed by atoms with Gasteiger partial charge in [0.15, 0.2) is 0 Å². The fourth-order valence-corrected chi connectivity index (χ4v) is 5.63. The number of piperazine rings is 1. The summed E-state index contributed by atoms with van der Waals surface area (Å²) in [6, 6.07) is 39.7. The van der Waals surface area contributed by atoms with Gasteiger partial charge in [-0.1, -0.05) is 115 Å². The predicted molar refractivity (Wildman–Crippen MR) is 155 cm³/mol. The van der Waals surface area contributed by atoms with E-state index in [9.17, 15) is 4.79 Å². The molecule has 0 saturated carbocycles. The summed E-state index contributed by atoms with van der Waals surface area (Å²) in [5, 5.41) is 0.740. The highest BCUT2D eigenvalue weighted by atomic mass is 35.5. The van der Waals surface area contributed by atoms with Crippen molar-refractivity contribution < 1.29 is 4.79 Å². The van der Waals surface area contributed by atoms with Crippen LogP contribution >= 0.6 is 11.6 Å². The maximum absolute atomic E-state index is 13.5. The summed E-state index contributed by atoms with van der Waals surface area (Å²) in [7, 11) is 2.05. The average Bonchev–Trinajstić information content (AvgIpc) is 2.96. The zero-order chi connectivity index (χ0) is 26.3. The van der Waals surface area contributed by atoms with Crippen molar-refractivity contribution in [2.24, 2.45) is 0 Å². The van der Waals surface area contributed by atoms with Crippen LogP contribution in [-0.4, -0.2) is 60.4 Å². The number of rotatable bonds is 8. The number of benzene rings is 4. The van der Waals surface area contributed by atoms with Crippen LogP contribution in [0.3, 0.4) is 0 Å². The molecule has 5 heteroatoms. The third-order valence-electron chi connectivity index (χ3n) is 7.39. The van der Waals surface area contributed by atoms with Gasteiger partial charge in [0, 0.05) is 31.2 Å². The fraction of sp³-hybridized carbons (Fsp3) is 0.242. The lowest BCUT2D eigenvalue weighted by molar-refractivity contribution is -0.134. The minimum atomic E-state index is 0.0232. The molecule has 0 aliphatic carbocycles. The Labute approximate surface area is 231 Å². The molecule has 0 spiro atoms. The van der Waals surface area contributed by atoms with E-state index in [1.54, 1.807) is 0 Å². The Hall–Kier alpha value is -3.44. The first-order chi connectivity index (χ1) is 18.6. The van der Waals surface area contributed by atoms with Gasteiger partial charge in [-0.2, -0.15) is 0 Å². The number of amides is 1. The van der Waals surface area contributed by atoms with E-state index in [0.717, 1.165) is 18.1 Å². The van der Waals surface area contributed by atoms with E-state index in [1.165, 1.54) is 22.3 Å². The Balaban J connectivity index is 1.27. The van der Waals surface area contributed by atoms with Crippen LogP contribution in [0.15, 0.2) is 115 Å². The summed E-state index contributed by atoms with van der Waals surface area (Å²) < 4.78 is 0. The SMILES string of the molecule is CN(CC(=O)N1CCN(C(c2ccccc2)c2ccc(Cl)cc2)CC1)C(c1ccccc1)c1ccccc1. The molecular weight excluding hydrogens is 490 g/mol. The van der Waals surface area contributed by atoms with Crippen LogP contribution in [0.25, 0.3) is 0 Å². The Morgan fingerprint density at radius 1 is 0.684 bits per heavy atom. The van der Waals surface area contributed by atoms with Crippen molar-refractivity contribution in [2.45, 2.75) is 12.1 Å². The van der Waals surface area contributed by atoms with Crippen LogP contribution in [0.5, 0.6) is 0 Å². The molecule has 1 amide bonds. The van der Waals surface area contributed by atoms with Gasteiger partial charge < -0.3 is 4.90 Å². The van der Waals surface area contributed by atoms with Gasteiger partial charge in [0.25, 0.3) is 0 Å². The lowest BCUT2D eigenvalue weighted by Crippen LogP contribution is -2.52. The topological polar surface area (TPSA) is 26.8 Å². The van der Waals surface area contributed by atoms with Crippen LogP contribution in [0.2, 0.25) is 5.02 Å². The molecule has 4 aromatic carbocycles. The van der Waals surface area contributed by atoms with Gasteiger partial charge in [-0.05, 0) is 41.4 Å². The average molecular weight is 524 g/mol. The molecule has 0 radical (unpaired) electrons. The molecule has 38 heavy (non-hydrogen) atoms. The summed E-state index contributed by atoms with van der Waals surface area (Å²) in [5.74, 6) is 0.173. The van der Waals surface area contributed by atoms with Crippen molar-refractivity contribution in [3.8, 4) is 0 Å². The van der Waals surface area contributed by atoms with Gasteiger partial charge in [0.05, 0.1) is 18.6 Å². The molecular formula is C33H34ClN3O. The van der Waals surface area contributed by atoms with Crippen LogP contribution in [0, 0.1) is 0 Å². The smallest absolute Gasteiger partial charge is 0.236 e. The second-order valence-electron chi connectivity index (χ2n) is 9.92. The minimum Gasteiger partial charge on any atom is -0.339 e. The highest BCUT2D eigenvalue weighted by Gasteiger charge is 2.29. The van der Waals surface area contributed by atoms with Crippen molar-refractivity contribution in [3.63, 3.8) is 0 Å². The Kier molecular flexibility index (Phi) is 8.54. The van der Waals surface area contributed by atoms with Crippen LogP contribution in [0.1, 0.15) is 34.3 Å². The number of carbonyl (C=O) groups excluding carboxylic acids is 1. The highest BCUT2D eigenvalue weighted by Crippen LogP contribution is 2.31. The standard InChI is InChI=1S/C33H34ClN3O/c1-35(32(26-11-5-2-6-12-26)27-13-7-3-8-14-27)25-31(38)36-21-23-37(24-22-36)33(28-15-9-4-10-16-28)29-17-19-30(34)20-18-29/h2-20,32-33H,21-25H2,1H3. The number of halogens is 1. The molecule has 1 heterocycles. The maximum atomic E-state index is 13.5. The van der Waals surface area contributed by atoms with Crippen molar-refractivity contribution >= 4 is 17.5 Å². The number of hydrogen-bond donors (Lipinski definition) is 0. The number of likely N-dealkylation sites (N-methyl/N-ethyl adjacent to an activating group) is 1. The van der Waals surface area contributed by atoms with Gasteiger partial charge in [-0.3, -0.25) is 14.6 Å². The zero-order valence-corrected chi connectivity index (χ0v) is 22.5.